The Balaban J connectivity index is 0.000000188. The Kier molecular flexibility index (Phi) is 40.8. The Hall–Kier alpha value is -9.75. The number of anilines is 6. The lowest BCUT2D eigenvalue weighted by Gasteiger charge is -2.34. The summed E-state index contributed by atoms with van der Waals surface area (Å²) >= 11 is 0. The van der Waals surface area contributed by atoms with Gasteiger partial charge in [0.25, 0.3) is 0 Å². The van der Waals surface area contributed by atoms with Crippen molar-refractivity contribution in [1.29, 1.82) is 5.26 Å². The van der Waals surface area contributed by atoms with Crippen LogP contribution in [-0.2, 0) is 47.7 Å². The number of ether oxygens (including phenoxy) is 4. The van der Waals surface area contributed by atoms with E-state index in [0.717, 1.165) is 196 Å². The number of ketones is 1. The van der Waals surface area contributed by atoms with Crippen LogP contribution in [0, 0.1) is 87.7 Å². The minimum Gasteiger partial charge on any atom is -0.466 e. The van der Waals surface area contributed by atoms with Crippen molar-refractivity contribution in [3.05, 3.63) is 180 Å². The highest BCUT2D eigenvalue weighted by Crippen LogP contribution is 2.31. The van der Waals surface area contributed by atoms with Crippen LogP contribution in [-0.4, -0.2) is 188 Å². The molecule has 7 saturated heterocycles. The van der Waals surface area contributed by atoms with Gasteiger partial charge in [-0.1, -0.05) is 0 Å². The number of Topliss-reactive ketones (excluding diaryl/α,β-unsaturated/α-hetero) is 1. The molecule has 0 saturated carbocycles. The molecule has 0 aromatic heterocycles. The Morgan fingerprint density at radius 3 is 0.974 bits per heavy atom. The summed E-state index contributed by atoms with van der Waals surface area (Å²) in [7, 11) is 0. The summed E-state index contributed by atoms with van der Waals surface area (Å²) in [6.45, 7) is 20.5. The van der Waals surface area contributed by atoms with Gasteiger partial charge in [-0.15, -0.1) is 0 Å². The highest BCUT2D eigenvalue weighted by Gasteiger charge is 2.34. The standard InChI is InChI=1S/C15H20FNO3.C15H18FNO3.C14H18FNO2.C13H15FN2O.C12H16FNO.C12H14FNO.C8H15NO2/c2*1-2-20-15(19)14(18)11-7-9-17(10-8-11)13-5-3-12(16)4-6-13;1-2-18-14(17)11-7-9-16(10-8-11)13-5-3-12(15)4-6-13;14-11-1-3-12(4-2-11)16-7-5-10(6-8-16)13(17)9-15;2*13-11-1-3-12(4-2-11)14-7-5-10(9-15)6-8-14;1-2-11-8(10)7-3-5-9-6-4-7/h3-6,11,14,18H,2,7-10H2,1H3;3-6,11H,2,7-10H2,1H3;3-6,11H,2,7-10H2,1H3;1-4,10,13,17H,5-8H2;1-4,10,15H,5-9H2;1-4,9-10H,5-8H2;7,9H,2-6H2,1H3. The molecule has 6 aromatic rings. The summed E-state index contributed by atoms with van der Waals surface area (Å²) < 4.78 is 96.3. The van der Waals surface area contributed by atoms with Crippen LogP contribution in [0.2, 0.25) is 0 Å². The largest absolute Gasteiger partial charge is 0.466 e. The van der Waals surface area contributed by atoms with E-state index in [1.54, 1.807) is 74.5 Å². The maximum Gasteiger partial charge on any atom is 0.374 e. The molecule has 2 unspecified atom stereocenters. The normalized spacial score (nSPS) is 17.7. The number of hydrogen-bond donors (Lipinski definition) is 4. The lowest BCUT2D eigenvalue weighted by Crippen LogP contribution is -2.41. The monoisotopic (exact) mass is 1620 g/mol. The molecule has 21 nitrogen and oxygen atoms in total. The average molecular weight is 1620 g/mol. The number of piperidine rings is 7. The third-order valence-corrected chi connectivity index (χ3v) is 21.8. The highest BCUT2D eigenvalue weighted by atomic mass is 19.1. The van der Waals surface area contributed by atoms with E-state index >= 15 is 0 Å². The Labute approximate surface area is 678 Å². The second-order valence-corrected chi connectivity index (χ2v) is 29.5. The molecule has 7 heterocycles. The number of aldehydes is 1. The predicted octanol–water partition coefficient (Wildman–Crippen LogP) is 13.5. The lowest BCUT2D eigenvalue weighted by molar-refractivity contribution is -0.156. The van der Waals surface area contributed by atoms with Gasteiger partial charge in [0.1, 0.15) is 47.3 Å². The maximum atomic E-state index is 12.9. The molecule has 7 fully saturated rings. The van der Waals surface area contributed by atoms with Crippen LogP contribution in [0.15, 0.2) is 146 Å². The summed E-state index contributed by atoms with van der Waals surface area (Å²) in [4.78, 5) is 81.1. The summed E-state index contributed by atoms with van der Waals surface area (Å²) in [5.41, 5.74) is 6.03. The van der Waals surface area contributed by atoms with Crippen molar-refractivity contribution in [2.75, 3.05) is 154 Å². The second-order valence-electron chi connectivity index (χ2n) is 29.5. The molecular formula is C89H116F6N8O13. The van der Waals surface area contributed by atoms with Crippen LogP contribution in [0.25, 0.3) is 0 Å². The number of rotatable bonds is 19. The molecule has 632 valence electrons. The van der Waals surface area contributed by atoms with Gasteiger partial charge in [0.15, 0.2) is 6.10 Å². The molecule has 6 aromatic carbocycles. The van der Waals surface area contributed by atoms with Crippen LogP contribution >= 0.6 is 0 Å². The number of hydrogen-bond acceptors (Lipinski definition) is 21. The summed E-state index contributed by atoms with van der Waals surface area (Å²) in [5.74, 6) is -2.59. The Morgan fingerprint density at radius 2 is 0.681 bits per heavy atom. The van der Waals surface area contributed by atoms with Crippen LogP contribution in [0.3, 0.4) is 0 Å². The summed E-state index contributed by atoms with van der Waals surface area (Å²) in [5, 5.41) is 40.2. The van der Waals surface area contributed by atoms with Crippen LogP contribution in [0.5, 0.6) is 0 Å². The smallest absolute Gasteiger partial charge is 0.374 e. The van der Waals surface area contributed by atoms with E-state index in [4.69, 9.17) is 29.3 Å². The van der Waals surface area contributed by atoms with Gasteiger partial charge >= 0.3 is 23.9 Å². The number of nitrogens with one attached hydrogen (secondary N) is 1. The molecule has 13 rings (SSSR count). The van der Waals surface area contributed by atoms with Gasteiger partial charge in [-0.05, 0) is 288 Å². The SMILES string of the molecule is CCOC(=O)C(=O)C1CCN(c2ccc(F)cc2)CC1.CCOC(=O)C(O)C1CCN(c2ccc(F)cc2)CC1.CCOC(=O)C1CCN(c2ccc(F)cc2)CC1.CCOC(=O)C1CCNCC1.N#CC(O)C1CCN(c2ccc(F)cc2)CC1.O=CC1CCN(c2ccc(F)cc2)CC1.OCC1CCN(c2ccc(F)cc2)CC1. The van der Waals surface area contributed by atoms with E-state index in [-0.39, 0.29) is 102 Å². The molecule has 0 aliphatic carbocycles. The number of halogens is 6. The second kappa shape index (κ2) is 50.7. The van der Waals surface area contributed by atoms with Crippen molar-refractivity contribution in [2.24, 2.45) is 41.4 Å². The lowest BCUT2D eigenvalue weighted by atomic mass is 9.91. The van der Waals surface area contributed by atoms with Gasteiger partial charge in [-0.2, -0.15) is 5.26 Å². The van der Waals surface area contributed by atoms with Gasteiger partial charge in [-0.3, -0.25) is 14.4 Å². The molecular weight excluding hydrogens is 1500 g/mol. The fourth-order valence-electron chi connectivity index (χ4n) is 14.8. The van der Waals surface area contributed by atoms with Crippen LogP contribution in [0.4, 0.5) is 60.5 Å². The number of esters is 4. The van der Waals surface area contributed by atoms with E-state index in [9.17, 15) is 65.3 Å². The number of carbonyl (C=O) groups is 6. The number of aliphatic hydroxyl groups excluding tert-OH is 3. The van der Waals surface area contributed by atoms with Gasteiger partial charge in [0, 0.05) is 137 Å². The summed E-state index contributed by atoms with van der Waals surface area (Å²) in [6, 6.07) is 40.6. The molecule has 7 aliphatic heterocycles. The Bertz CT molecular complexity index is 3880. The van der Waals surface area contributed by atoms with Crippen molar-refractivity contribution < 1.29 is 89.4 Å². The highest BCUT2D eigenvalue weighted by molar-refractivity contribution is 6.34. The zero-order chi connectivity index (χ0) is 83.7. The molecule has 27 heteroatoms. The fourth-order valence-corrected chi connectivity index (χ4v) is 14.8. The number of benzene rings is 6. The van der Waals surface area contributed by atoms with E-state index < -0.39 is 29.9 Å². The maximum absolute atomic E-state index is 12.9. The first-order valence-electron chi connectivity index (χ1n) is 40.8. The van der Waals surface area contributed by atoms with Gasteiger partial charge in [0.2, 0.25) is 5.78 Å². The molecule has 2 atom stereocenters. The quantitative estimate of drug-likeness (QED) is 0.0147. The topological polar surface area (TPSA) is 255 Å². The molecule has 0 amide bonds. The van der Waals surface area contributed by atoms with Crippen LogP contribution < -0.4 is 34.7 Å². The van der Waals surface area contributed by atoms with Crippen molar-refractivity contribution >= 4 is 70.1 Å². The average Bonchev–Trinajstić information content (AvgIpc) is 0.864. The molecule has 7 aliphatic rings. The number of aliphatic hydroxyl groups is 3. The van der Waals surface area contributed by atoms with Gasteiger partial charge < -0.3 is 73.8 Å². The van der Waals surface area contributed by atoms with E-state index in [2.05, 4.69) is 34.7 Å². The Morgan fingerprint density at radius 1 is 0.405 bits per heavy atom. The molecule has 4 N–H and O–H groups in total. The van der Waals surface area contributed by atoms with E-state index in [1.807, 2.05) is 32.0 Å². The zero-order valence-electron chi connectivity index (χ0n) is 67.3. The van der Waals surface area contributed by atoms with Crippen molar-refractivity contribution in [3.63, 3.8) is 0 Å². The first kappa shape index (κ1) is 93.4. The minimum absolute atomic E-state index is 0.0154. The van der Waals surface area contributed by atoms with E-state index in [1.165, 1.54) is 72.8 Å². The third-order valence-electron chi connectivity index (χ3n) is 21.8. The first-order valence-corrected chi connectivity index (χ1v) is 40.8. The molecule has 0 radical (unpaired) electrons. The zero-order valence-corrected chi connectivity index (χ0v) is 67.3. The van der Waals surface area contributed by atoms with Crippen molar-refractivity contribution in [2.45, 2.75) is 130 Å². The van der Waals surface area contributed by atoms with Crippen molar-refractivity contribution in [1.82, 2.24) is 5.32 Å². The number of carbonyl (C=O) groups excluding carboxylic acids is 6. The third kappa shape index (κ3) is 31.4. The predicted molar refractivity (Wildman–Crippen MR) is 436 cm³/mol. The molecule has 0 spiro atoms. The fraction of sp³-hybridized carbons (Fsp3) is 0.517. The van der Waals surface area contributed by atoms with Crippen molar-refractivity contribution in [3.8, 4) is 6.07 Å². The minimum atomic E-state index is -1.04. The summed E-state index contributed by atoms with van der Waals surface area (Å²) in [6.07, 6.45) is 10.7. The number of nitrogens with zero attached hydrogens (tertiary/aromatic N) is 7. The van der Waals surface area contributed by atoms with Gasteiger partial charge in [0.05, 0.1) is 44.3 Å². The molecule has 0 bridgehead atoms. The molecule has 116 heavy (non-hydrogen) atoms. The first-order chi connectivity index (χ1) is 56.1. The van der Waals surface area contributed by atoms with Gasteiger partial charge in [-0.25, -0.2) is 35.9 Å². The number of nitriles is 1. The van der Waals surface area contributed by atoms with E-state index in [0.29, 0.717) is 45.1 Å². The van der Waals surface area contributed by atoms with Crippen LogP contribution in [0.1, 0.15) is 118 Å².